The number of hydrogen-bond donors (Lipinski definition) is 0. The Balaban J connectivity index is 0.000000310. The maximum Gasteiger partial charge on any atom is 0.185 e. The normalized spacial score (nSPS) is 17.0. The summed E-state index contributed by atoms with van der Waals surface area (Å²) in [6.45, 7) is 27.2. The van der Waals surface area contributed by atoms with Gasteiger partial charge in [-0.3, -0.25) is 9.69 Å². The van der Waals surface area contributed by atoms with Crippen LogP contribution in [0.1, 0.15) is 79.6 Å². The Hall–Kier alpha value is -4.23. The average molecular weight is 688 g/mol. The lowest BCUT2D eigenvalue weighted by atomic mass is 9.77. The van der Waals surface area contributed by atoms with E-state index in [1.807, 2.05) is 32.0 Å². The molecule has 2 atom stereocenters. The van der Waals surface area contributed by atoms with E-state index < -0.39 is 11.6 Å². The van der Waals surface area contributed by atoms with Crippen molar-refractivity contribution in [2.45, 2.75) is 78.7 Å². The van der Waals surface area contributed by atoms with Gasteiger partial charge in [0.1, 0.15) is 23.3 Å². The minimum Gasteiger partial charge on any atom is -0.354 e. The molecule has 2 heterocycles. The van der Waals surface area contributed by atoms with Crippen LogP contribution in [0, 0.1) is 44.1 Å². The number of anilines is 1. The lowest BCUT2D eigenvalue weighted by Crippen LogP contribution is -2.52. The van der Waals surface area contributed by atoms with E-state index in [-0.39, 0.29) is 13.0 Å². The van der Waals surface area contributed by atoms with Gasteiger partial charge in [0.05, 0.1) is 5.69 Å². The van der Waals surface area contributed by atoms with Crippen molar-refractivity contribution in [3.63, 3.8) is 0 Å². The Bertz CT molecular complexity index is 1660. The van der Waals surface area contributed by atoms with E-state index in [0.29, 0.717) is 29.3 Å². The Labute approximate surface area is 299 Å². The average Bonchev–Trinajstić information content (AvgIpc) is 3.08. The molecule has 1 saturated carbocycles. The molecule has 2 fully saturated rings. The smallest absolute Gasteiger partial charge is 0.185 e. The zero-order valence-corrected chi connectivity index (χ0v) is 30.4. The number of aromatic nitrogens is 1. The first-order chi connectivity index (χ1) is 23.8. The fraction of sp³-hybridized carbons (Fsp3) is 0.395. The monoisotopic (exact) mass is 687 g/mol. The maximum absolute atomic E-state index is 13.5. The molecule has 5 rings (SSSR count). The van der Waals surface area contributed by atoms with E-state index in [2.05, 4.69) is 48.0 Å². The molecular weight excluding hydrogens is 631 g/mol. The van der Waals surface area contributed by atoms with E-state index in [0.717, 1.165) is 56.0 Å². The number of allylic oxidation sites excluding steroid dienone is 3. The summed E-state index contributed by atoms with van der Waals surface area (Å²) >= 11 is 0. The zero-order valence-electron chi connectivity index (χ0n) is 30.4. The van der Waals surface area contributed by atoms with Gasteiger partial charge in [-0.2, -0.15) is 0 Å². The molecular formula is C43H56F3N3O. The Morgan fingerprint density at radius 1 is 0.980 bits per heavy atom. The Morgan fingerprint density at radius 3 is 2.32 bits per heavy atom. The molecule has 2 aliphatic rings. The zero-order chi connectivity index (χ0) is 36.8. The molecule has 7 heteroatoms. The number of benzene rings is 2. The highest BCUT2D eigenvalue weighted by atomic mass is 19.1. The predicted octanol–water partition coefficient (Wildman–Crippen LogP) is 10.7. The number of carbonyl (C=O) groups excluding carboxylic acids is 1. The molecule has 0 radical (unpaired) electrons. The number of halogens is 3. The van der Waals surface area contributed by atoms with Gasteiger partial charge >= 0.3 is 0 Å². The highest BCUT2D eigenvalue weighted by molar-refractivity contribution is 6.04. The summed E-state index contributed by atoms with van der Waals surface area (Å²) in [5.41, 5.74) is 6.82. The molecule has 50 heavy (non-hydrogen) atoms. The third kappa shape index (κ3) is 12.3. The van der Waals surface area contributed by atoms with Crippen molar-refractivity contribution in [2.24, 2.45) is 5.92 Å². The van der Waals surface area contributed by atoms with Crippen molar-refractivity contribution >= 4 is 11.6 Å². The van der Waals surface area contributed by atoms with Gasteiger partial charge < -0.3 is 4.90 Å². The summed E-state index contributed by atoms with van der Waals surface area (Å²) in [5.74, 6) is 0.383. The van der Waals surface area contributed by atoms with Gasteiger partial charge in [-0.25, -0.2) is 18.2 Å². The van der Waals surface area contributed by atoms with E-state index >= 15 is 0 Å². The number of unbranched alkanes of at least 4 members (excludes halogenated alkanes) is 1. The van der Waals surface area contributed by atoms with Crippen LogP contribution in [0.4, 0.5) is 19.0 Å². The van der Waals surface area contributed by atoms with Crippen LogP contribution in [0.2, 0.25) is 0 Å². The highest BCUT2D eigenvalue weighted by Crippen LogP contribution is 2.36. The van der Waals surface area contributed by atoms with Crippen LogP contribution in [0.15, 0.2) is 98.1 Å². The van der Waals surface area contributed by atoms with Crippen LogP contribution in [-0.2, 0) is 6.42 Å². The molecule has 4 nitrogen and oxygen atoms in total. The first-order valence-electron chi connectivity index (χ1n) is 17.6. The standard InChI is InChI=1S/C23H34FN3.C11H12O.C9H8F2.H2/c1-17(7-5-6-8-21-10-9-18(21)2)15-26-13-14-27(16-19(26)3)23-12-11-22(24)20(4)25-23;1-4-11(12)10-6-5-8(2)9(3)7-10;1-2-3-7-4-5-8(10)6-9(7)11;/h11-12,19,21H,1-2,5-10,13-16H2,3-4H3;4-7H,1H2,2-3H3;2,4-6H,1,3H2;1H/t19-,21+;;;/m0.../s1. The second kappa shape index (κ2) is 19.8. The largest absolute Gasteiger partial charge is 0.354 e. The van der Waals surface area contributed by atoms with Gasteiger partial charge in [-0.15, -0.1) is 6.58 Å². The van der Waals surface area contributed by atoms with Gasteiger partial charge in [0, 0.05) is 45.3 Å². The molecule has 270 valence electrons. The minimum absolute atomic E-state index is 0. The highest BCUT2D eigenvalue weighted by Gasteiger charge is 2.25. The minimum atomic E-state index is -0.546. The van der Waals surface area contributed by atoms with Crippen molar-refractivity contribution in [3.05, 3.63) is 144 Å². The molecule has 2 aromatic carbocycles. The summed E-state index contributed by atoms with van der Waals surface area (Å²) in [5, 5.41) is 0. The lowest BCUT2D eigenvalue weighted by molar-refractivity contribution is 0.104. The van der Waals surface area contributed by atoms with Crippen LogP contribution in [0.3, 0.4) is 0 Å². The molecule has 1 aromatic heterocycles. The van der Waals surface area contributed by atoms with Crippen LogP contribution in [-0.4, -0.2) is 47.9 Å². The number of nitrogens with zero attached hydrogens (tertiary/aromatic N) is 3. The van der Waals surface area contributed by atoms with E-state index in [9.17, 15) is 18.0 Å². The number of ketones is 1. The third-order valence-electron chi connectivity index (χ3n) is 9.60. The Kier molecular flexibility index (Phi) is 15.9. The number of hydrogen-bond acceptors (Lipinski definition) is 4. The van der Waals surface area contributed by atoms with Crippen molar-refractivity contribution in [1.29, 1.82) is 0 Å². The van der Waals surface area contributed by atoms with Crippen molar-refractivity contribution in [3.8, 4) is 0 Å². The predicted molar refractivity (Wildman–Crippen MR) is 204 cm³/mol. The van der Waals surface area contributed by atoms with Crippen LogP contribution in [0.5, 0.6) is 0 Å². The van der Waals surface area contributed by atoms with Gasteiger partial charge in [0.25, 0.3) is 0 Å². The number of piperazine rings is 1. The van der Waals surface area contributed by atoms with Crippen LogP contribution >= 0.6 is 0 Å². The van der Waals surface area contributed by atoms with Gasteiger partial charge in [-0.05, 0) is 119 Å². The second-order valence-corrected chi connectivity index (χ2v) is 13.5. The summed E-state index contributed by atoms with van der Waals surface area (Å²) < 4.78 is 38.5. The number of carbonyl (C=O) groups is 1. The topological polar surface area (TPSA) is 36.4 Å². The van der Waals surface area contributed by atoms with Crippen LogP contribution in [0.25, 0.3) is 0 Å². The molecule has 1 aliphatic heterocycles. The molecule has 0 spiro atoms. The quantitative estimate of drug-likeness (QED) is 0.0822. The SMILES string of the molecule is C=C(CCCC[C@@H]1CCC1=C)CN1CCN(c2ccc(F)c(C)n2)C[C@@H]1C.C=CC(=O)c1ccc(C)c(C)c1.C=CCc1ccc(F)cc1F.[HH]. The van der Waals surface area contributed by atoms with Crippen LogP contribution < -0.4 is 4.90 Å². The molecule has 0 bridgehead atoms. The number of pyridine rings is 1. The summed E-state index contributed by atoms with van der Waals surface area (Å²) in [4.78, 5) is 20.3. The molecule has 3 aromatic rings. The number of aryl methyl sites for hydroxylation is 3. The number of rotatable bonds is 12. The molecule has 0 N–H and O–H groups in total. The summed E-state index contributed by atoms with van der Waals surface area (Å²) in [6.07, 6.45) is 10.9. The van der Waals surface area contributed by atoms with Gasteiger partial charge in [0.15, 0.2) is 5.78 Å². The molecule has 0 amide bonds. The van der Waals surface area contributed by atoms with Gasteiger partial charge in [0.2, 0.25) is 0 Å². The van der Waals surface area contributed by atoms with E-state index in [1.165, 1.54) is 73.1 Å². The van der Waals surface area contributed by atoms with Crippen molar-refractivity contribution in [1.82, 2.24) is 9.88 Å². The van der Waals surface area contributed by atoms with E-state index in [4.69, 9.17) is 0 Å². The lowest BCUT2D eigenvalue weighted by Gasteiger charge is -2.40. The molecule has 1 saturated heterocycles. The van der Waals surface area contributed by atoms with Crippen molar-refractivity contribution in [2.75, 3.05) is 31.1 Å². The second-order valence-electron chi connectivity index (χ2n) is 13.5. The van der Waals surface area contributed by atoms with Gasteiger partial charge in [-0.1, -0.05) is 61.6 Å². The third-order valence-corrected chi connectivity index (χ3v) is 9.60. The first kappa shape index (κ1) is 40.2. The van der Waals surface area contributed by atoms with E-state index in [1.54, 1.807) is 19.1 Å². The fourth-order valence-corrected chi connectivity index (χ4v) is 6.03. The summed E-state index contributed by atoms with van der Waals surface area (Å²) in [6, 6.07) is 13.0. The fourth-order valence-electron chi connectivity index (χ4n) is 6.03. The molecule has 0 unspecified atom stereocenters. The molecule has 1 aliphatic carbocycles. The maximum atomic E-state index is 13.5. The Morgan fingerprint density at radius 2 is 1.74 bits per heavy atom. The van der Waals surface area contributed by atoms with Crippen molar-refractivity contribution < 1.29 is 19.4 Å². The summed E-state index contributed by atoms with van der Waals surface area (Å²) in [7, 11) is 0. The first-order valence-corrected chi connectivity index (χ1v) is 17.6.